The van der Waals surface area contributed by atoms with Crippen molar-refractivity contribution in [1.29, 1.82) is 0 Å². The molecule has 1 saturated heterocycles. The maximum atomic E-state index is 12.7. The molecule has 0 aromatic heterocycles. The fraction of sp³-hybridized carbons (Fsp3) is 0.364. The van der Waals surface area contributed by atoms with Gasteiger partial charge in [-0.05, 0) is 35.6 Å². The molecule has 0 saturated carbocycles. The predicted octanol–water partition coefficient (Wildman–Crippen LogP) is 3.48. The molecular formula is C22H25NO4. The van der Waals surface area contributed by atoms with Gasteiger partial charge >= 0.3 is 5.97 Å². The van der Waals surface area contributed by atoms with Crippen molar-refractivity contribution in [3.63, 3.8) is 0 Å². The standard InChI is InChI=1S/C22H25NO4/c1-2-16-7-9-18(10-8-16)20-15-23(13-14-27-20)21(24)12-11-17-5-3-4-6-19(17)22(25)26/h3-10,20H,2,11-15H2,1H3,(H,25,26). The number of carboxylic acids is 1. The molecule has 1 fully saturated rings. The van der Waals surface area contributed by atoms with Gasteiger partial charge in [0.1, 0.15) is 6.10 Å². The lowest BCUT2D eigenvalue weighted by Gasteiger charge is -2.33. The first kappa shape index (κ1) is 19.1. The zero-order chi connectivity index (χ0) is 19.2. The van der Waals surface area contributed by atoms with E-state index in [1.807, 2.05) is 4.90 Å². The monoisotopic (exact) mass is 367 g/mol. The van der Waals surface area contributed by atoms with E-state index in [2.05, 4.69) is 31.2 Å². The molecule has 1 amide bonds. The van der Waals surface area contributed by atoms with Gasteiger partial charge in [0.25, 0.3) is 0 Å². The summed E-state index contributed by atoms with van der Waals surface area (Å²) in [6.07, 6.45) is 1.61. The van der Waals surface area contributed by atoms with Crippen molar-refractivity contribution in [2.45, 2.75) is 32.3 Å². The van der Waals surface area contributed by atoms with Crippen molar-refractivity contribution in [3.8, 4) is 0 Å². The number of carboxylic acid groups (broad SMARTS) is 1. The summed E-state index contributed by atoms with van der Waals surface area (Å²) in [5, 5.41) is 9.27. The summed E-state index contributed by atoms with van der Waals surface area (Å²) in [6.45, 7) is 3.74. The van der Waals surface area contributed by atoms with Gasteiger partial charge in [-0.25, -0.2) is 4.79 Å². The van der Waals surface area contributed by atoms with Crippen LogP contribution in [0.4, 0.5) is 0 Å². The van der Waals surface area contributed by atoms with E-state index in [1.54, 1.807) is 24.3 Å². The van der Waals surface area contributed by atoms with Crippen LogP contribution < -0.4 is 0 Å². The summed E-state index contributed by atoms with van der Waals surface area (Å²) >= 11 is 0. The van der Waals surface area contributed by atoms with Crippen LogP contribution in [0.3, 0.4) is 0 Å². The lowest BCUT2D eigenvalue weighted by Crippen LogP contribution is -2.42. The van der Waals surface area contributed by atoms with Crippen molar-refractivity contribution in [1.82, 2.24) is 4.90 Å². The van der Waals surface area contributed by atoms with Crippen LogP contribution in [-0.4, -0.2) is 41.6 Å². The average Bonchev–Trinajstić information content (AvgIpc) is 2.72. The minimum absolute atomic E-state index is 0.0358. The molecule has 0 radical (unpaired) electrons. The highest BCUT2D eigenvalue weighted by molar-refractivity contribution is 5.89. The van der Waals surface area contributed by atoms with Gasteiger partial charge in [-0.3, -0.25) is 4.79 Å². The third kappa shape index (κ3) is 4.74. The van der Waals surface area contributed by atoms with Gasteiger partial charge in [0.15, 0.2) is 0 Å². The Bertz CT molecular complexity index is 800. The highest BCUT2D eigenvalue weighted by Gasteiger charge is 2.25. The molecule has 1 aliphatic heterocycles. The van der Waals surface area contributed by atoms with Gasteiger partial charge in [-0.1, -0.05) is 49.4 Å². The van der Waals surface area contributed by atoms with E-state index in [-0.39, 0.29) is 17.6 Å². The molecule has 0 aliphatic carbocycles. The number of nitrogens with zero attached hydrogens (tertiary/aromatic N) is 1. The number of rotatable bonds is 6. The SMILES string of the molecule is CCc1ccc(C2CN(C(=O)CCc3ccccc3C(=O)O)CCO2)cc1. The number of carbonyl (C=O) groups is 2. The zero-order valence-electron chi connectivity index (χ0n) is 15.6. The summed E-state index contributed by atoms with van der Waals surface area (Å²) < 4.78 is 5.86. The minimum Gasteiger partial charge on any atom is -0.478 e. The van der Waals surface area contributed by atoms with E-state index in [1.165, 1.54) is 5.56 Å². The van der Waals surface area contributed by atoms with Crippen LogP contribution in [0.15, 0.2) is 48.5 Å². The van der Waals surface area contributed by atoms with Crippen LogP contribution in [-0.2, 0) is 22.4 Å². The second kappa shape index (κ2) is 8.82. The summed E-state index contributed by atoms with van der Waals surface area (Å²) in [7, 11) is 0. The average molecular weight is 367 g/mol. The van der Waals surface area contributed by atoms with Crippen molar-refractivity contribution in [2.75, 3.05) is 19.7 Å². The Labute approximate surface area is 159 Å². The molecular weight excluding hydrogens is 342 g/mol. The lowest BCUT2D eigenvalue weighted by molar-refractivity contribution is -0.139. The van der Waals surface area contributed by atoms with Crippen LogP contribution >= 0.6 is 0 Å². The molecule has 142 valence electrons. The molecule has 2 aromatic carbocycles. The maximum Gasteiger partial charge on any atom is 0.335 e. The van der Waals surface area contributed by atoms with Crippen molar-refractivity contribution in [3.05, 3.63) is 70.8 Å². The number of amides is 1. The van der Waals surface area contributed by atoms with E-state index >= 15 is 0 Å². The van der Waals surface area contributed by atoms with E-state index in [0.717, 1.165) is 12.0 Å². The number of carbonyl (C=O) groups excluding carboxylic acids is 1. The van der Waals surface area contributed by atoms with Gasteiger partial charge in [0.05, 0.1) is 18.7 Å². The van der Waals surface area contributed by atoms with Crippen LogP contribution in [0, 0.1) is 0 Å². The van der Waals surface area contributed by atoms with E-state index in [4.69, 9.17) is 4.74 Å². The molecule has 1 atom stereocenters. The fourth-order valence-electron chi connectivity index (χ4n) is 3.39. The Hall–Kier alpha value is -2.66. The molecule has 2 aromatic rings. The first-order valence-corrected chi connectivity index (χ1v) is 9.38. The molecule has 1 unspecified atom stereocenters. The molecule has 1 N–H and O–H groups in total. The van der Waals surface area contributed by atoms with Crippen LogP contribution in [0.2, 0.25) is 0 Å². The highest BCUT2D eigenvalue weighted by atomic mass is 16.5. The van der Waals surface area contributed by atoms with E-state index in [0.29, 0.717) is 38.1 Å². The van der Waals surface area contributed by atoms with Gasteiger partial charge in [0.2, 0.25) is 5.91 Å². The lowest BCUT2D eigenvalue weighted by atomic mass is 10.0. The number of morpholine rings is 1. The van der Waals surface area contributed by atoms with Crippen molar-refractivity contribution >= 4 is 11.9 Å². The van der Waals surface area contributed by atoms with Crippen molar-refractivity contribution < 1.29 is 19.4 Å². The number of hydrogen-bond donors (Lipinski definition) is 1. The van der Waals surface area contributed by atoms with E-state index in [9.17, 15) is 14.7 Å². The van der Waals surface area contributed by atoms with Gasteiger partial charge < -0.3 is 14.7 Å². The Morgan fingerprint density at radius 1 is 1.15 bits per heavy atom. The normalized spacial score (nSPS) is 16.9. The fourth-order valence-corrected chi connectivity index (χ4v) is 3.39. The molecule has 5 nitrogen and oxygen atoms in total. The summed E-state index contributed by atoms with van der Waals surface area (Å²) in [6, 6.07) is 15.2. The Balaban J connectivity index is 1.60. The number of hydrogen-bond acceptors (Lipinski definition) is 3. The molecule has 3 rings (SSSR count). The van der Waals surface area contributed by atoms with Gasteiger partial charge in [0, 0.05) is 13.0 Å². The summed E-state index contributed by atoms with van der Waals surface area (Å²) in [4.78, 5) is 25.8. The molecule has 0 spiro atoms. The van der Waals surface area contributed by atoms with E-state index < -0.39 is 5.97 Å². The third-order valence-corrected chi connectivity index (χ3v) is 5.03. The van der Waals surface area contributed by atoms with Crippen LogP contribution in [0.1, 0.15) is 46.5 Å². The van der Waals surface area contributed by atoms with Crippen LogP contribution in [0.25, 0.3) is 0 Å². The second-order valence-corrected chi connectivity index (χ2v) is 6.76. The first-order valence-electron chi connectivity index (χ1n) is 9.38. The largest absolute Gasteiger partial charge is 0.478 e. The van der Waals surface area contributed by atoms with Gasteiger partial charge in [-0.15, -0.1) is 0 Å². The third-order valence-electron chi connectivity index (χ3n) is 5.03. The van der Waals surface area contributed by atoms with Gasteiger partial charge in [-0.2, -0.15) is 0 Å². The highest BCUT2D eigenvalue weighted by Crippen LogP contribution is 2.23. The smallest absolute Gasteiger partial charge is 0.335 e. The second-order valence-electron chi connectivity index (χ2n) is 6.76. The molecule has 1 aliphatic rings. The quantitative estimate of drug-likeness (QED) is 0.849. The predicted molar refractivity (Wildman–Crippen MR) is 103 cm³/mol. The zero-order valence-corrected chi connectivity index (χ0v) is 15.6. The Morgan fingerprint density at radius 2 is 1.89 bits per heavy atom. The molecule has 5 heteroatoms. The topological polar surface area (TPSA) is 66.8 Å². The van der Waals surface area contributed by atoms with Crippen molar-refractivity contribution in [2.24, 2.45) is 0 Å². The number of ether oxygens (including phenoxy) is 1. The number of aromatic carboxylic acids is 1. The molecule has 0 bridgehead atoms. The summed E-state index contributed by atoms with van der Waals surface area (Å²) in [5.74, 6) is -0.923. The molecule has 1 heterocycles. The number of benzene rings is 2. The minimum atomic E-state index is -0.958. The molecule has 27 heavy (non-hydrogen) atoms. The maximum absolute atomic E-state index is 12.7. The first-order chi connectivity index (χ1) is 13.1. The Morgan fingerprint density at radius 3 is 2.59 bits per heavy atom. The van der Waals surface area contributed by atoms with Crippen LogP contribution in [0.5, 0.6) is 0 Å². The number of aryl methyl sites for hydroxylation is 2. The summed E-state index contributed by atoms with van der Waals surface area (Å²) in [5.41, 5.74) is 3.32. The Kier molecular flexibility index (Phi) is 6.24.